The molecule has 1 atom stereocenters. The zero-order valence-electron chi connectivity index (χ0n) is 6.15. The van der Waals surface area contributed by atoms with Crippen LogP contribution in [-0.4, -0.2) is 23.3 Å². The van der Waals surface area contributed by atoms with E-state index in [4.69, 9.17) is 0 Å². The number of aliphatic hydroxyl groups excluding tert-OH is 1. The Labute approximate surface area is 56.3 Å². The van der Waals surface area contributed by atoms with Crippen molar-refractivity contribution in [2.24, 2.45) is 0 Å². The Hall–Kier alpha value is -0.0800. The fraction of sp³-hybridized carbons (Fsp3) is 1.00. The van der Waals surface area contributed by atoms with E-state index in [1.165, 1.54) is 0 Å². The number of aliphatic hydroxyl groups is 1. The normalized spacial score (nSPS) is 34.3. The Morgan fingerprint density at radius 1 is 1.56 bits per heavy atom. The van der Waals surface area contributed by atoms with Crippen molar-refractivity contribution in [2.45, 2.75) is 38.3 Å². The fourth-order valence-electron chi connectivity index (χ4n) is 1.34. The van der Waals surface area contributed by atoms with Crippen LogP contribution in [0.5, 0.6) is 0 Å². The number of piperidine rings is 1. The van der Waals surface area contributed by atoms with Gasteiger partial charge in [0.25, 0.3) is 0 Å². The van der Waals surface area contributed by atoms with E-state index >= 15 is 0 Å². The van der Waals surface area contributed by atoms with Crippen molar-refractivity contribution in [3.05, 3.63) is 0 Å². The summed E-state index contributed by atoms with van der Waals surface area (Å²) in [5.41, 5.74) is 0.150. The molecule has 0 spiro atoms. The van der Waals surface area contributed by atoms with Gasteiger partial charge in [-0.15, -0.1) is 0 Å². The zero-order chi connectivity index (χ0) is 6.91. The molecule has 1 heterocycles. The molecule has 0 saturated carbocycles. The Morgan fingerprint density at radius 2 is 2.22 bits per heavy atom. The Balaban J connectivity index is 2.41. The van der Waals surface area contributed by atoms with Gasteiger partial charge in [-0.3, -0.25) is 0 Å². The minimum absolute atomic E-state index is 0.0822. The molecule has 2 heteroatoms. The van der Waals surface area contributed by atoms with E-state index in [0.717, 1.165) is 19.4 Å². The van der Waals surface area contributed by atoms with Gasteiger partial charge in [0.1, 0.15) is 0 Å². The molecular formula is C7H15NO. The van der Waals surface area contributed by atoms with Crippen molar-refractivity contribution in [1.82, 2.24) is 5.32 Å². The second-order valence-corrected chi connectivity index (χ2v) is 3.46. The van der Waals surface area contributed by atoms with Crippen LogP contribution in [0.3, 0.4) is 0 Å². The van der Waals surface area contributed by atoms with Gasteiger partial charge in [-0.1, -0.05) is 0 Å². The van der Waals surface area contributed by atoms with Crippen LogP contribution in [0.25, 0.3) is 0 Å². The lowest BCUT2D eigenvalue weighted by molar-refractivity contribution is 0.0913. The molecule has 1 fully saturated rings. The maximum absolute atomic E-state index is 9.20. The van der Waals surface area contributed by atoms with Crippen LogP contribution < -0.4 is 5.32 Å². The van der Waals surface area contributed by atoms with E-state index in [1.54, 1.807) is 0 Å². The first-order valence-electron chi connectivity index (χ1n) is 3.53. The third-order valence-corrected chi connectivity index (χ3v) is 1.83. The maximum atomic E-state index is 9.20. The highest BCUT2D eigenvalue weighted by atomic mass is 16.3. The van der Waals surface area contributed by atoms with E-state index < -0.39 is 0 Å². The molecule has 0 unspecified atom stereocenters. The average molecular weight is 129 g/mol. The molecule has 2 nitrogen and oxygen atoms in total. The lowest BCUT2D eigenvalue weighted by atomic mass is 9.91. The average Bonchev–Trinajstić information content (AvgIpc) is 1.60. The summed E-state index contributed by atoms with van der Waals surface area (Å²) in [4.78, 5) is 0. The summed E-state index contributed by atoms with van der Waals surface area (Å²) >= 11 is 0. The van der Waals surface area contributed by atoms with E-state index in [9.17, 15) is 5.11 Å². The lowest BCUT2D eigenvalue weighted by Crippen LogP contribution is -2.47. The largest absolute Gasteiger partial charge is 0.393 e. The minimum atomic E-state index is -0.0822. The molecule has 1 aliphatic rings. The molecular weight excluding hydrogens is 114 g/mol. The van der Waals surface area contributed by atoms with Crippen LogP contribution in [0.4, 0.5) is 0 Å². The van der Waals surface area contributed by atoms with Gasteiger partial charge >= 0.3 is 0 Å². The SMILES string of the molecule is CC1(C)C[C@H](O)CCN1. The maximum Gasteiger partial charge on any atom is 0.0569 e. The van der Waals surface area contributed by atoms with Crippen LogP contribution in [0.15, 0.2) is 0 Å². The van der Waals surface area contributed by atoms with Crippen molar-refractivity contribution in [3.63, 3.8) is 0 Å². The Kier molecular flexibility index (Phi) is 1.78. The van der Waals surface area contributed by atoms with E-state index in [0.29, 0.717) is 0 Å². The molecule has 0 aromatic rings. The van der Waals surface area contributed by atoms with Gasteiger partial charge in [0.15, 0.2) is 0 Å². The third kappa shape index (κ3) is 1.95. The molecule has 9 heavy (non-hydrogen) atoms. The highest BCUT2D eigenvalue weighted by Gasteiger charge is 2.25. The summed E-state index contributed by atoms with van der Waals surface area (Å²) < 4.78 is 0. The predicted molar refractivity (Wildman–Crippen MR) is 37.3 cm³/mol. The lowest BCUT2D eigenvalue weighted by Gasteiger charge is -2.33. The first-order chi connectivity index (χ1) is 4.10. The number of rotatable bonds is 0. The van der Waals surface area contributed by atoms with Gasteiger partial charge in [0, 0.05) is 5.54 Å². The molecule has 0 amide bonds. The molecule has 54 valence electrons. The zero-order valence-corrected chi connectivity index (χ0v) is 6.15. The minimum Gasteiger partial charge on any atom is -0.393 e. The quantitative estimate of drug-likeness (QED) is 0.499. The standard InChI is InChI=1S/C7H15NO/c1-7(2)5-6(9)3-4-8-7/h6,8-9H,3-5H2,1-2H3/t6-/m1/s1. The second kappa shape index (κ2) is 2.27. The van der Waals surface area contributed by atoms with Crippen LogP contribution in [0.1, 0.15) is 26.7 Å². The summed E-state index contributed by atoms with van der Waals surface area (Å²) in [5, 5.41) is 12.5. The topological polar surface area (TPSA) is 32.3 Å². The van der Waals surface area contributed by atoms with E-state index in [-0.39, 0.29) is 11.6 Å². The first kappa shape index (κ1) is 7.03. The van der Waals surface area contributed by atoms with Crippen molar-refractivity contribution < 1.29 is 5.11 Å². The van der Waals surface area contributed by atoms with Crippen molar-refractivity contribution >= 4 is 0 Å². The Bertz CT molecular complexity index is 101. The summed E-state index contributed by atoms with van der Waals surface area (Å²) in [5.74, 6) is 0. The molecule has 0 aromatic carbocycles. The van der Waals surface area contributed by atoms with Crippen LogP contribution in [-0.2, 0) is 0 Å². The second-order valence-electron chi connectivity index (χ2n) is 3.46. The summed E-state index contributed by atoms with van der Waals surface area (Å²) in [6.45, 7) is 5.19. The molecule has 1 aliphatic heterocycles. The van der Waals surface area contributed by atoms with Gasteiger partial charge in [0.05, 0.1) is 6.10 Å². The highest BCUT2D eigenvalue weighted by Crippen LogP contribution is 2.17. The molecule has 0 bridgehead atoms. The molecule has 1 saturated heterocycles. The van der Waals surface area contributed by atoms with Crippen LogP contribution in [0.2, 0.25) is 0 Å². The number of hydrogen-bond donors (Lipinski definition) is 2. The smallest absolute Gasteiger partial charge is 0.0569 e. The third-order valence-electron chi connectivity index (χ3n) is 1.83. The highest BCUT2D eigenvalue weighted by molar-refractivity contribution is 4.85. The van der Waals surface area contributed by atoms with Crippen molar-refractivity contribution in [3.8, 4) is 0 Å². The van der Waals surface area contributed by atoms with Gasteiger partial charge in [-0.05, 0) is 33.2 Å². The van der Waals surface area contributed by atoms with Gasteiger partial charge < -0.3 is 10.4 Å². The van der Waals surface area contributed by atoms with Crippen molar-refractivity contribution in [2.75, 3.05) is 6.54 Å². The van der Waals surface area contributed by atoms with Gasteiger partial charge in [-0.2, -0.15) is 0 Å². The molecule has 0 aromatic heterocycles. The molecule has 0 aliphatic carbocycles. The van der Waals surface area contributed by atoms with Gasteiger partial charge in [0.2, 0.25) is 0 Å². The number of nitrogens with one attached hydrogen (secondary N) is 1. The molecule has 1 rings (SSSR count). The van der Waals surface area contributed by atoms with Crippen molar-refractivity contribution in [1.29, 1.82) is 0 Å². The Morgan fingerprint density at radius 3 is 2.56 bits per heavy atom. The summed E-state index contributed by atoms with van der Waals surface area (Å²) in [6, 6.07) is 0. The van der Waals surface area contributed by atoms with Gasteiger partial charge in [-0.25, -0.2) is 0 Å². The first-order valence-corrected chi connectivity index (χ1v) is 3.53. The number of hydrogen-bond acceptors (Lipinski definition) is 2. The van der Waals surface area contributed by atoms with E-state index in [2.05, 4.69) is 19.2 Å². The summed E-state index contributed by atoms with van der Waals surface area (Å²) in [7, 11) is 0. The molecule has 2 N–H and O–H groups in total. The van der Waals surface area contributed by atoms with E-state index in [1.807, 2.05) is 0 Å². The van der Waals surface area contributed by atoms with Crippen LogP contribution >= 0.6 is 0 Å². The molecule has 0 radical (unpaired) electrons. The van der Waals surface area contributed by atoms with Crippen LogP contribution in [0, 0.1) is 0 Å². The fourth-order valence-corrected chi connectivity index (χ4v) is 1.34. The summed E-state index contributed by atoms with van der Waals surface area (Å²) in [6.07, 6.45) is 1.71. The predicted octanol–water partition coefficient (Wildman–Crippen LogP) is 0.509. The monoisotopic (exact) mass is 129 g/mol.